The van der Waals surface area contributed by atoms with Gasteiger partial charge in [0.1, 0.15) is 5.82 Å². The van der Waals surface area contributed by atoms with E-state index in [1.54, 1.807) is 6.20 Å². The molecule has 0 atom stereocenters. The molecule has 0 aliphatic heterocycles. The molecule has 0 fully saturated rings. The average Bonchev–Trinajstić information content (AvgIpc) is 2.46. The molecule has 118 valence electrons. The number of methoxy groups -OCH3 is 1. The van der Waals surface area contributed by atoms with Gasteiger partial charge in [0.15, 0.2) is 5.69 Å². The van der Waals surface area contributed by atoms with Gasteiger partial charge in [-0.05, 0) is 24.7 Å². The molecule has 0 saturated carbocycles. The lowest BCUT2D eigenvalue weighted by Crippen LogP contribution is -2.28. The third-order valence-corrected chi connectivity index (χ3v) is 3.31. The molecule has 0 amide bonds. The molecule has 1 aromatic heterocycles. The SMILES string of the molecule is COC(=O)c1cnc(N(CCC(C)C)CCC(C)C)cn1. The lowest BCUT2D eigenvalue weighted by molar-refractivity contribution is 0.0593. The van der Waals surface area contributed by atoms with E-state index in [4.69, 9.17) is 0 Å². The van der Waals surface area contributed by atoms with Crippen molar-refractivity contribution in [3.63, 3.8) is 0 Å². The van der Waals surface area contributed by atoms with Crippen LogP contribution in [0, 0.1) is 11.8 Å². The van der Waals surface area contributed by atoms with Gasteiger partial charge in [-0.3, -0.25) is 0 Å². The van der Waals surface area contributed by atoms with Crippen molar-refractivity contribution in [2.24, 2.45) is 11.8 Å². The largest absolute Gasteiger partial charge is 0.464 e. The van der Waals surface area contributed by atoms with Crippen molar-refractivity contribution in [3.05, 3.63) is 18.1 Å². The summed E-state index contributed by atoms with van der Waals surface area (Å²) in [5.74, 6) is 1.66. The highest BCUT2D eigenvalue weighted by atomic mass is 16.5. The number of hydrogen-bond acceptors (Lipinski definition) is 5. The van der Waals surface area contributed by atoms with Crippen LogP contribution < -0.4 is 4.90 Å². The summed E-state index contributed by atoms with van der Waals surface area (Å²) < 4.78 is 4.64. The van der Waals surface area contributed by atoms with Gasteiger partial charge in [0.05, 0.1) is 19.5 Å². The number of aromatic nitrogens is 2. The molecule has 0 bridgehead atoms. The molecule has 0 saturated heterocycles. The van der Waals surface area contributed by atoms with Gasteiger partial charge in [-0.25, -0.2) is 14.8 Å². The Morgan fingerprint density at radius 3 is 2.05 bits per heavy atom. The monoisotopic (exact) mass is 293 g/mol. The Morgan fingerprint density at radius 1 is 1.10 bits per heavy atom. The first-order valence-corrected chi connectivity index (χ1v) is 7.59. The van der Waals surface area contributed by atoms with Crippen LogP contribution in [-0.4, -0.2) is 36.1 Å². The van der Waals surface area contributed by atoms with Crippen LogP contribution in [0.4, 0.5) is 5.82 Å². The fourth-order valence-corrected chi connectivity index (χ4v) is 1.86. The quantitative estimate of drug-likeness (QED) is 0.689. The number of esters is 1. The number of hydrogen-bond donors (Lipinski definition) is 0. The number of ether oxygens (including phenoxy) is 1. The van der Waals surface area contributed by atoms with Crippen LogP contribution in [0.3, 0.4) is 0 Å². The van der Waals surface area contributed by atoms with Crippen molar-refractivity contribution in [1.29, 1.82) is 0 Å². The van der Waals surface area contributed by atoms with Gasteiger partial charge in [-0.1, -0.05) is 27.7 Å². The standard InChI is InChI=1S/C16H27N3O2/c1-12(2)6-8-19(9-7-13(3)4)15-11-17-14(10-18-15)16(20)21-5/h10-13H,6-9H2,1-5H3. The number of carbonyl (C=O) groups excluding carboxylic acids is 1. The number of anilines is 1. The third kappa shape index (κ3) is 6.10. The number of rotatable bonds is 8. The van der Waals surface area contributed by atoms with E-state index >= 15 is 0 Å². The molecule has 0 radical (unpaired) electrons. The predicted molar refractivity (Wildman–Crippen MR) is 84.5 cm³/mol. The molecule has 0 aliphatic carbocycles. The Balaban J connectivity index is 2.78. The zero-order valence-electron chi connectivity index (χ0n) is 13.8. The van der Waals surface area contributed by atoms with Crippen LogP contribution in [0.5, 0.6) is 0 Å². The van der Waals surface area contributed by atoms with E-state index in [1.165, 1.54) is 13.3 Å². The predicted octanol–water partition coefficient (Wildman–Crippen LogP) is 3.16. The van der Waals surface area contributed by atoms with E-state index in [0.717, 1.165) is 31.7 Å². The van der Waals surface area contributed by atoms with Crippen LogP contribution in [0.1, 0.15) is 51.0 Å². The molecule has 21 heavy (non-hydrogen) atoms. The fraction of sp³-hybridized carbons (Fsp3) is 0.688. The molecule has 0 aromatic carbocycles. The first-order valence-electron chi connectivity index (χ1n) is 7.59. The molecule has 0 spiro atoms. The Morgan fingerprint density at radius 2 is 1.67 bits per heavy atom. The Hall–Kier alpha value is -1.65. The molecule has 5 nitrogen and oxygen atoms in total. The minimum atomic E-state index is -0.454. The molecular formula is C16H27N3O2. The lowest BCUT2D eigenvalue weighted by Gasteiger charge is -2.25. The highest BCUT2D eigenvalue weighted by molar-refractivity contribution is 5.86. The molecule has 0 N–H and O–H groups in total. The van der Waals surface area contributed by atoms with Crippen LogP contribution in [-0.2, 0) is 4.74 Å². The van der Waals surface area contributed by atoms with E-state index in [2.05, 4.69) is 47.3 Å². The van der Waals surface area contributed by atoms with Crippen molar-refractivity contribution in [2.75, 3.05) is 25.1 Å². The van der Waals surface area contributed by atoms with Gasteiger partial charge >= 0.3 is 5.97 Å². The smallest absolute Gasteiger partial charge is 0.358 e. The lowest BCUT2D eigenvalue weighted by atomic mass is 10.1. The summed E-state index contributed by atoms with van der Waals surface area (Å²) in [5, 5.41) is 0. The van der Waals surface area contributed by atoms with E-state index in [-0.39, 0.29) is 5.69 Å². The third-order valence-electron chi connectivity index (χ3n) is 3.31. The summed E-state index contributed by atoms with van der Waals surface area (Å²) >= 11 is 0. The van der Waals surface area contributed by atoms with E-state index in [0.29, 0.717) is 11.8 Å². The van der Waals surface area contributed by atoms with Crippen molar-refractivity contribution < 1.29 is 9.53 Å². The summed E-state index contributed by atoms with van der Waals surface area (Å²) in [7, 11) is 1.34. The zero-order valence-corrected chi connectivity index (χ0v) is 13.8. The van der Waals surface area contributed by atoms with Crippen LogP contribution in [0.25, 0.3) is 0 Å². The Bertz CT molecular complexity index is 418. The Kier molecular flexibility index (Phi) is 7.12. The summed E-state index contributed by atoms with van der Waals surface area (Å²) in [6, 6.07) is 0. The minimum absolute atomic E-state index is 0.244. The second-order valence-electron chi connectivity index (χ2n) is 6.10. The molecule has 0 aliphatic rings. The second kappa shape index (κ2) is 8.60. The van der Waals surface area contributed by atoms with E-state index < -0.39 is 5.97 Å². The molecule has 1 rings (SSSR count). The van der Waals surface area contributed by atoms with Gasteiger partial charge in [0, 0.05) is 13.1 Å². The highest BCUT2D eigenvalue weighted by Crippen LogP contribution is 2.14. The zero-order chi connectivity index (χ0) is 15.8. The molecular weight excluding hydrogens is 266 g/mol. The van der Waals surface area contributed by atoms with Gasteiger partial charge < -0.3 is 9.64 Å². The molecule has 0 unspecified atom stereocenters. The number of carbonyl (C=O) groups is 1. The van der Waals surface area contributed by atoms with Crippen molar-refractivity contribution in [1.82, 2.24) is 9.97 Å². The summed E-state index contributed by atoms with van der Waals surface area (Å²) in [6.45, 7) is 10.8. The van der Waals surface area contributed by atoms with Gasteiger partial charge in [0.25, 0.3) is 0 Å². The topological polar surface area (TPSA) is 55.3 Å². The van der Waals surface area contributed by atoms with Crippen molar-refractivity contribution >= 4 is 11.8 Å². The molecule has 5 heteroatoms. The molecule has 1 heterocycles. The van der Waals surface area contributed by atoms with Gasteiger partial charge in [-0.15, -0.1) is 0 Å². The maximum absolute atomic E-state index is 11.4. The van der Waals surface area contributed by atoms with E-state index in [9.17, 15) is 4.79 Å². The maximum Gasteiger partial charge on any atom is 0.358 e. The number of nitrogens with zero attached hydrogens (tertiary/aromatic N) is 3. The summed E-state index contributed by atoms with van der Waals surface area (Å²) in [5.41, 5.74) is 0.244. The molecule has 1 aromatic rings. The maximum atomic E-state index is 11.4. The van der Waals surface area contributed by atoms with Crippen LogP contribution in [0.15, 0.2) is 12.4 Å². The highest BCUT2D eigenvalue weighted by Gasteiger charge is 2.13. The Labute approximate surface area is 127 Å². The van der Waals surface area contributed by atoms with Crippen molar-refractivity contribution in [3.8, 4) is 0 Å². The minimum Gasteiger partial charge on any atom is -0.464 e. The van der Waals surface area contributed by atoms with Crippen LogP contribution >= 0.6 is 0 Å². The fourth-order valence-electron chi connectivity index (χ4n) is 1.86. The van der Waals surface area contributed by atoms with E-state index in [1.807, 2.05) is 0 Å². The van der Waals surface area contributed by atoms with Gasteiger partial charge in [-0.2, -0.15) is 0 Å². The van der Waals surface area contributed by atoms with Crippen molar-refractivity contribution in [2.45, 2.75) is 40.5 Å². The first kappa shape index (κ1) is 17.4. The van der Waals surface area contributed by atoms with Gasteiger partial charge in [0.2, 0.25) is 0 Å². The van der Waals surface area contributed by atoms with Crippen LogP contribution in [0.2, 0.25) is 0 Å². The average molecular weight is 293 g/mol. The summed E-state index contributed by atoms with van der Waals surface area (Å²) in [6.07, 6.45) is 5.36. The second-order valence-corrected chi connectivity index (χ2v) is 6.10. The first-order chi connectivity index (χ1) is 9.93. The summed E-state index contributed by atoms with van der Waals surface area (Å²) in [4.78, 5) is 22.1. The normalized spacial score (nSPS) is 11.0.